The summed E-state index contributed by atoms with van der Waals surface area (Å²) in [4.78, 5) is 5.08. The molecule has 0 radical (unpaired) electrons. The van der Waals surface area contributed by atoms with Gasteiger partial charge in [0.15, 0.2) is 0 Å². The number of nitrogens with zero attached hydrogens (tertiary/aromatic N) is 2. The van der Waals surface area contributed by atoms with Crippen molar-refractivity contribution in [1.29, 1.82) is 0 Å². The van der Waals surface area contributed by atoms with Gasteiger partial charge >= 0.3 is 0 Å². The van der Waals surface area contributed by atoms with Gasteiger partial charge in [0.25, 0.3) is 0 Å². The Labute approximate surface area is 572 Å². The molecule has 0 spiro atoms. The molecule has 0 bridgehead atoms. The molecular formula is C85H188N2O2. The van der Waals surface area contributed by atoms with Gasteiger partial charge in [0.05, 0.1) is 18.9 Å². The van der Waals surface area contributed by atoms with Crippen molar-refractivity contribution in [1.82, 2.24) is 9.80 Å². The highest BCUT2D eigenvalue weighted by Gasteiger charge is 2.34. The summed E-state index contributed by atoms with van der Waals surface area (Å²) in [5.74, 6) is 15.8. The quantitative estimate of drug-likeness (QED) is 0.0570. The standard InChI is InChI=1S/2C18H38O.C17H36.C16H34.C13H30N2.3CH4/c1-13(2)9-17(15(5)6)11-19-12-18(16(7)8)10-14(3)4;1-13(2)9-17(10-14(3)4)19-18(11-15(5)6)12-16(7)8;1-13(2)9-17(10-14(3)4,11-15(5)6)12-16(7)8;1-11(2)9-15(13(5)6)16(14(7)8)10-12(3)4;1-10(2)14(11(3)4)9-15(12(5)6)13(7)8;;;/h2*13-18H,9-12H2,1-8H3;13-16H,9-12H2,1-8H3;11-16H,9-10H2,1-8H3;10-13H,9H2,1-8H3;3*1H4. The van der Waals surface area contributed by atoms with Crippen LogP contribution in [0.3, 0.4) is 0 Å². The van der Waals surface area contributed by atoms with Crippen LogP contribution in [0.1, 0.15) is 376 Å². The van der Waals surface area contributed by atoms with Crippen LogP contribution in [-0.4, -0.2) is 66.1 Å². The molecule has 0 aromatic carbocycles. The Bertz CT molecular complexity index is 1260. The van der Waals surface area contributed by atoms with E-state index in [1.165, 1.54) is 77.0 Å². The Kier molecular flexibility index (Phi) is 68.4. The van der Waals surface area contributed by atoms with Crippen LogP contribution in [0.25, 0.3) is 0 Å². The minimum absolute atomic E-state index is 0. The Morgan fingerprint density at radius 2 is 0.449 bits per heavy atom. The molecule has 0 aliphatic rings. The molecule has 0 heterocycles. The Morgan fingerprint density at radius 3 is 0.596 bits per heavy atom. The van der Waals surface area contributed by atoms with Crippen LogP contribution in [0.15, 0.2) is 0 Å². The average molecular weight is 1270 g/mol. The zero-order valence-corrected chi connectivity index (χ0v) is 67.8. The van der Waals surface area contributed by atoms with Crippen LogP contribution >= 0.6 is 0 Å². The van der Waals surface area contributed by atoms with E-state index in [1.807, 2.05) is 0 Å². The van der Waals surface area contributed by atoms with Crippen molar-refractivity contribution >= 4 is 0 Å². The predicted molar refractivity (Wildman–Crippen MR) is 418 cm³/mol. The van der Waals surface area contributed by atoms with Gasteiger partial charge in [-0.1, -0.05) is 244 Å². The molecule has 0 saturated carbocycles. The van der Waals surface area contributed by atoms with Gasteiger partial charge in [-0.25, -0.2) is 0 Å². The molecular weight excluding hydrogens is 1080 g/mol. The molecule has 0 N–H and O–H groups in total. The van der Waals surface area contributed by atoms with E-state index < -0.39 is 0 Å². The molecule has 0 amide bonds. The maximum Gasteiger partial charge on any atom is 0.0583 e. The minimum Gasteiger partial charge on any atom is -0.381 e. The van der Waals surface area contributed by atoms with Crippen LogP contribution in [0, 0.1) is 124 Å². The van der Waals surface area contributed by atoms with E-state index in [0.717, 1.165) is 126 Å². The summed E-state index contributed by atoms with van der Waals surface area (Å²) in [5, 5.41) is 0. The monoisotopic (exact) mass is 1270 g/mol. The fourth-order valence-corrected chi connectivity index (χ4v) is 14.4. The lowest BCUT2D eigenvalue weighted by molar-refractivity contribution is -0.0484. The van der Waals surface area contributed by atoms with E-state index in [2.05, 4.69) is 287 Å². The molecule has 550 valence electrons. The van der Waals surface area contributed by atoms with Crippen molar-refractivity contribution in [2.24, 2.45) is 124 Å². The molecule has 0 rings (SSSR count). The molecule has 4 atom stereocenters. The lowest BCUT2D eigenvalue weighted by Gasteiger charge is -2.40. The maximum absolute atomic E-state index is 6.49. The summed E-state index contributed by atoms with van der Waals surface area (Å²) in [5.41, 5.74) is 0.588. The number of hydrogen-bond acceptors (Lipinski definition) is 4. The van der Waals surface area contributed by atoms with Gasteiger partial charge in [-0.3, -0.25) is 9.80 Å². The molecule has 0 aliphatic heterocycles. The first kappa shape index (κ1) is 105. The lowest BCUT2D eigenvalue weighted by Crippen LogP contribution is -2.49. The number of rotatable bonds is 41. The largest absolute Gasteiger partial charge is 0.381 e. The van der Waals surface area contributed by atoms with E-state index in [0.29, 0.717) is 53.6 Å². The van der Waals surface area contributed by atoms with E-state index in [-0.39, 0.29) is 22.3 Å². The molecule has 4 heteroatoms. The topological polar surface area (TPSA) is 24.9 Å². The second kappa shape index (κ2) is 58.0. The van der Waals surface area contributed by atoms with E-state index in [4.69, 9.17) is 9.47 Å². The second-order valence-electron chi connectivity index (χ2n) is 36.2. The zero-order valence-electron chi connectivity index (χ0n) is 67.8. The molecule has 89 heavy (non-hydrogen) atoms. The fourth-order valence-electron chi connectivity index (χ4n) is 14.4. The van der Waals surface area contributed by atoms with E-state index in [1.54, 1.807) is 0 Å². The van der Waals surface area contributed by atoms with Gasteiger partial charge < -0.3 is 9.47 Å². The summed E-state index contributed by atoms with van der Waals surface area (Å²) in [6.07, 6.45) is 16.7. The number of ether oxygens (including phenoxy) is 2. The van der Waals surface area contributed by atoms with Crippen LogP contribution in [0.2, 0.25) is 0 Å². The van der Waals surface area contributed by atoms with Crippen LogP contribution < -0.4 is 0 Å². The van der Waals surface area contributed by atoms with Crippen LogP contribution in [0.4, 0.5) is 0 Å². The summed E-state index contributed by atoms with van der Waals surface area (Å²) < 4.78 is 12.6. The summed E-state index contributed by atoms with van der Waals surface area (Å²) in [6.45, 7) is 96.3. The van der Waals surface area contributed by atoms with Crippen molar-refractivity contribution in [2.75, 3.05) is 19.9 Å². The SMILES string of the molecule is C.C.C.CC(C)CC(C(C)C)C(CC(C)C)C(C)C.CC(C)CC(CC(C)C)(CC(C)C)CC(C)C.CC(C)CC(CC(C)C)OC(CC(C)C)CC(C)C.CC(C)CC(COCC(CC(C)C)C(C)C)C(C)C.CC(C)N(CN(C(C)C)C(C)C)C(C)C. The van der Waals surface area contributed by atoms with Gasteiger partial charge in [-0.2, -0.15) is 0 Å². The van der Waals surface area contributed by atoms with Crippen LogP contribution in [0.5, 0.6) is 0 Å². The third-order valence-corrected chi connectivity index (χ3v) is 17.5. The summed E-state index contributed by atoms with van der Waals surface area (Å²) in [7, 11) is 0. The van der Waals surface area contributed by atoms with E-state index >= 15 is 0 Å². The van der Waals surface area contributed by atoms with Crippen molar-refractivity contribution in [3.8, 4) is 0 Å². The highest BCUT2D eigenvalue weighted by atomic mass is 16.5. The second-order valence-corrected chi connectivity index (χ2v) is 36.2. The van der Waals surface area contributed by atoms with Crippen molar-refractivity contribution in [2.45, 2.75) is 413 Å². The van der Waals surface area contributed by atoms with Gasteiger partial charge in [0.1, 0.15) is 0 Å². The third-order valence-electron chi connectivity index (χ3n) is 17.5. The molecule has 0 aromatic heterocycles. The first-order chi connectivity index (χ1) is 39.1. The first-order valence-electron chi connectivity index (χ1n) is 37.9. The van der Waals surface area contributed by atoms with E-state index in [9.17, 15) is 0 Å². The Hall–Kier alpha value is -0.160. The predicted octanol–water partition coefficient (Wildman–Crippen LogP) is 28.4. The Balaban J connectivity index is -0.000000153. The first-order valence-corrected chi connectivity index (χ1v) is 37.9. The fraction of sp³-hybridized carbons (Fsp3) is 1.00. The third kappa shape index (κ3) is 62.4. The lowest BCUT2D eigenvalue weighted by atomic mass is 9.65. The van der Waals surface area contributed by atoms with Crippen molar-refractivity contribution in [3.05, 3.63) is 0 Å². The van der Waals surface area contributed by atoms with Gasteiger partial charge in [-0.05, 0) is 256 Å². The molecule has 0 saturated heterocycles. The molecule has 4 nitrogen and oxygen atoms in total. The summed E-state index contributed by atoms with van der Waals surface area (Å²) in [6, 6.07) is 2.46. The Morgan fingerprint density at radius 1 is 0.247 bits per heavy atom. The van der Waals surface area contributed by atoms with Gasteiger partial charge in [0.2, 0.25) is 0 Å². The molecule has 0 aliphatic carbocycles. The van der Waals surface area contributed by atoms with Gasteiger partial charge in [-0.15, -0.1) is 0 Å². The maximum atomic E-state index is 6.49. The zero-order chi connectivity index (χ0) is 68.7. The smallest absolute Gasteiger partial charge is 0.0583 e. The minimum atomic E-state index is 0. The normalized spacial score (nSPS) is 13.9. The van der Waals surface area contributed by atoms with Crippen molar-refractivity contribution < 1.29 is 9.47 Å². The molecule has 4 unspecified atom stereocenters. The number of hydrogen-bond donors (Lipinski definition) is 0. The highest BCUT2D eigenvalue weighted by molar-refractivity contribution is 4.84. The highest BCUT2D eigenvalue weighted by Crippen LogP contribution is 2.45. The average Bonchev–Trinajstić information content (AvgIpc) is 3.27. The molecule has 0 aromatic rings. The van der Waals surface area contributed by atoms with Crippen LogP contribution in [-0.2, 0) is 9.47 Å². The van der Waals surface area contributed by atoms with Gasteiger partial charge in [0, 0.05) is 37.4 Å². The van der Waals surface area contributed by atoms with Crippen molar-refractivity contribution in [3.63, 3.8) is 0 Å². The summed E-state index contributed by atoms with van der Waals surface area (Å²) >= 11 is 0. The molecule has 0 fully saturated rings.